The van der Waals surface area contributed by atoms with Crippen molar-refractivity contribution in [1.82, 2.24) is 4.98 Å². The third-order valence-electron chi connectivity index (χ3n) is 2.59. The number of hydrogen-bond acceptors (Lipinski definition) is 4. The molecule has 0 atom stereocenters. The average Bonchev–Trinajstić information content (AvgIpc) is 2.36. The Morgan fingerprint density at radius 2 is 2.05 bits per heavy atom. The van der Waals surface area contributed by atoms with Crippen LogP contribution < -0.4 is 5.73 Å². The Labute approximate surface area is 117 Å². The first kappa shape index (κ1) is 17.3. The van der Waals surface area contributed by atoms with Crippen LogP contribution in [-0.4, -0.2) is 17.6 Å². The van der Waals surface area contributed by atoms with Gasteiger partial charge in [0, 0.05) is 12.1 Å². The SMILES string of the molecule is CCOC(=O)Cc1nc(C(F)(F)F)cc(C(F)F)c1CN. The van der Waals surface area contributed by atoms with Crippen molar-refractivity contribution in [2.45, 2.75) is 32.5 Å². The second-order valence-electron chi connectivity index (χ2n) is 4.01. The van der Waals surface area contributed by atoms with Crippen molar-refractivity contribution in [3.05, 3.63) is 28.6 Å². The van der Waals surface area contributed by atoms with E-state index in [2.05, 4.69) is 9.72 Å². The van der Waals surface area contributed by atoms with Gasteiger partial charge in [0.1, 0.15) is 5.69 Å². The summed E-state index contributed by atoms with van der Waals surface area (Å²) in [6, 6.07) is 0.252. The first-order valence-electron chi connectivity index (χ1n) is 5.94. The van der Waals surface area contributed by atoms with E-state index >= 15 is 0 Å². The Morgan fingerprint density at radius 1 is 1.43 bits per heavy atom. The molecule has 1 aromatic rings. The predicted octanol–water partition coefficient (Wildman–Crippen LogP) is 2.60. The molecular weight excluding hydrogens is 299 g/mol. The lowest BCUT2D eigenvalue weighted by molar-refractivity contribution is -0.144. The molecule has 1 aromatic heterocycles. The molecule has 118 valence electrons. The van der Waals surface area contributed by atoms with Crippen LogP contribution >= 0.6 is 0 Å². The summed E-state index contributed by atoms with van der Waals surface area (Å²) in [5, 5.41) is 0. The van der Waals surface area contributed by atoms with Crippen molar-refractivity contribution < 1.29 is 31.5 Å². The predicted molar refractivity (Wildman–Crippen MR) is 62.4 cm³/mol. The van der Waals surface area contributed by atoms with Crippen LogP contribution in [0.25, 0.3) is 0 Å². The Bertz CT molecular complexity index is 517. The third kappa shape index (κ3) is 4.35. The number of nitrogens with zero attached hydrogens (tertiary/aromatic N) is 1. The number of pyridine rings is 1. The highest BCUT2D eigenvalue weighted by Gasteiger charge is 2.35. The van der Waals surface area contributed by atoms with E-state index in [1.54, 1.807) is 0 Å². The normalized spacial score (nSPS) is 11.8. The quantitative estimate of drug-likeness (QED) is 0.670. The van der Waals surface area contributed by atoms with Gasteiger partial charge in [0.2, 0.25) is 0 Å². The molecule has 0 aromatic carbocycles. The van der Waals surface area contributed by atoms with E-state index in [4.69, 9.17) is 5.73 Å². The minimum absolute atomic E-state index is 0.0114. The van der Waals surface area contributed by atoms with Crippen LogP contribution in [0.4, 0.5) is 22.0 Å². The number of carbonyl (C=O) groups excluding carboxylic acids is 1. The molecule has 4 nitrogen and oxygen atoms in total. The summed E-state index contributed by atoms with van der Waals surface area (Å²) in [7, 11) is 0. The Hall–Kier alpha value is -1.77. The lowest BCUT2D eigenvalue weighted by atomic mass is 10.0. The zero-order valence-corrected chi connectivity index (χ0v) is 11.0. The van der Waals surface area contributed by atoms with Crippen molar-refractivity contribution in [3.8, 4) is 0 Å². The van der Waals surface area contributed by atoms with Crippen LogP contribution in [0.2, 0.25) is 0 Å². The second-order valence-corrected chi connectivity index (χ2v) is 4.01. The molecule has 0 saturated carbocycles. The number of ether oxygens (including phenoxy) is 1. The number of rotatable bonds is 5. The number of nitrogens with two attached hydrogens (primary N) is 1. The Morgan fingerprint density at radius 3 is 2.48 bits per heavy atom. The molecule has 0 unspecified atom stereocenters. The molecule has 1 rings (SSSR count). The molecule has 1 heterocycles. The minimum atomic E-state index is -4.90. The number of halogens is 5. The van der Waals surface area contributed by atoms with E-state index in [0.717, 1.165) is 0 Å². The van der Waals surface area contributed by atoms with E-state index in [1.165, 1.54) is 6.92 Å². The van der Waals surface area contributed by atoms with Gasteiger partial charge >= 0.3 is 12.1 Å². The molecular formula is C12H13F5N2O2. The summed E-state index contributed by atoms with van der Waals surface area (Å²) in [6.07, 6.45) is -8.71. The van der Waals surface area contributed by atoms with Crippen LogP contribution in [0.1, 0.15) is 35.9 Å². The van der Waals surface area contributed by atoms with Gasteiger partial charge in [-0.05, 0) is 18.6 Å². The van der Waals surface area contributed by atoms with Gasteiger partial charge in [0.15, 0.2) is 0 Å². The second kappa shape index (κ2) is 6.79. The lowest BCUT2D eigenvalue weighted by Gasteiger charge is -2.15. The van der Waals surface area contributed by atoms with E-state index < -0.39 is 48.5 Å². The zero-order valence-electron chi connectivity index (χ0n) is 11.0. The molecule has 0 bridgehead atoms. The minimum Gasteiger partial charge on any atom is -0.466 e. The summed E-state index contributed by atoms with van der Waals surface area (Å²) < 4.78 is 68.4. The maximum Gasteiger partial charge on any atom is 0.433 e. The molecule has 0 aliphatic rings. The van der Waals surface area contributed by atoms with Crippen LogP contribution in [0.3, 0.4) is 0 Å². The van der Waals surface area contributed by atoms with Crippen LogP contribution in [0, 0.1) is 0 Å². The van der Waals surface area contributed by atoms with Crippen LogP contribution in [-0.2, 0) is 28.7 Å². The first-order chi connectivity index (χ1) is 9.70. The maximum absolute atomic E-state index is 12.9. The molecule has 0 amide bonds. The first-order valence-corrected chi connectivity index (χ1v) is 5.94. The summed E-state index contributed by atoms with van der Waals surface area (Å²) in [5.41, 5.74) is 2.21. The van der Waals surface area contributed by atoms with Crippen molar-refractivity contribution in [2.24, 2.45) is 5.73 Å². The van der Waals surface area contributed by atoms with E-state index in [9.17, 15) is 26.7 Å². The zero-order chi connectivity index (χ0) is 16.2. The summed E-state index contributed by atoms with van der Waals surface area (Å²) >= 11 is 0. The molecule has 0 aliphatic carbocycles. The van der Waals surface area contributed by atoms with Crippen molar-refractivity contribution >= 4 is 5.97 Å². The number of carbonyl (C=O) groups is 1. The van der Waals surface area contributed by atoms with Gasteiger partial charge in [-0.1, -0.05) is 0 Å². The maximum atomic E-state index is 12.9. The standard InChI is InChI=1S/C12H13F5N2O2/c1-2-21-10(20)4-8-7(5-18)6(11(13)14)3-9(19-8)12(15,16)17/h3,11H,2,4-5,18H2,1H3. The molecule has 2 N–H and O–H groups in total. The highest BCUT2D eigenvalue weighted by atomic mass is 19.4. The largest absolute Gasteiger partial charge is 0.466 e. The monoisotopic (exact) mass is 312 g/mol. The molecule has 9 heteroatoms. The van der Waals surface area contributed by atoms with Crippen molar-refractivity contribution in [3.63, 3.8) is 0 Å². The van der Waals surface area contributed by atoms with Gasteiger partial charge in [-0.2, -0.15) is 13.2 Å². The number of esters is 1. The van der Waals surface area contributed by atoms with Crippen molar-refractivity contribution in [1.29, 1.82) is 0 Å². The summed E-state index contributed by atoms with van der Waals surface area (Å²) in [6.45, 7) is 1.06. The van der Waals surface area contributed by atoms with Gasteiger partial charge in [0.05, 0.1) is 18.7 Å². The molecule has 0 aliphatic heterocycles. The van der Waals surface area contributed by atoms with Crippen LogP contribution in [0.5, 0.6) is 0 Å². The van der Waals surface area contributed by atoms with Crippen LogP contribution in [0.15, 0.2) is 6.07 Å². The fourth-order valence-electron chi connectivity index (χ4n) is 1.72. The number of hydrogen-bond donors (Lipinski definition) is 1. The Balaban J connectivity index is 3.37. The molecule has 0 spiro atoms. The highest BCUT2D eigenvalue weighted by molar-refractivity contribution is 5.72. The fourth-order valence-corrected chi connectivity index (χ4v) is 1.72. The molecule has 21 heavy (non-hydrogen) atoms. The van der Waals surface area contributed by atoms with Gasteiger partial charge in [-0.25, -0.2) is 13.8 Å². The number of alkyl halides is 5. The fraction of sp³-hybridized carbons (Fsp3) is 0.500. The van der Waals surface area contributed by atoms with Crippen molar-refractivity contribution in [2.75, 3.05) is 6.61 Å². The summed E-state index contributed by atoms with van der Waals surface area (Å²) in [4.78, 5) is 14.6. The highest BCUT2D eigenvalue weighted by Crippen LogP contribution is 2.33. The third-order valence-corrected chi connectivity index (χ3v) is 2.59. The average molecular weight is 312 g/mol. The van der Waals surface area contributed by atoms with E-state index in [1.807, 2.05) is 0 Å². The smallest absolute Gasteiger partial charge is 0.433 e. The topological polar surface area (TPSA) is 65.2 Å². The van der Waals surface area contributed by atoms with Gasteiger partial charge < -0.3 is 10.5 Å². The van der Waals surface area contributed by atoms with Gasteiger partial charge in [-0.3, -0.25) is 4.79 Å². The summed E-state index contributed by atoms with van der Waals surface area (Å²) in [5.74, 6) is -0.862. The molecule has 0 radical (unpaired) electrons. The van der Waals surface area contributed by atoms with E-state index in [-0.39, 0.29) is 18.2 Å². The van der Waals surface area contributed by atoms with Gasteiger partial charge in [0.25, 0.3) is 6.43 Å². The van der Waals surface area contributed by atoms with E-state index in [0.29, 0.717) is 0 Å². The van der Waals surface area contributed by atoms with Gasteiger partial charge in [-0.15, -0.1) is 0 Å². The molecule has 0 fully saturated rings. The Kier molecular flexibility index (Phi) is 5.59. The molecule has 0 saturated heterocycles. The number of aromatic nitrogens is 1. The lowest BCUT2D eigenvalue weighted by Crippen LogP contribution is -2.19.